The molecule has 1 aromatic heterocycles. The fourth-order valence-electron chi connectivity index (χ4n) is 2.35. The molecule has 2 aromatic carbocycles. The highest BCUT2D eigenvalue weighted by Gasteiger charge is 2.16. The first kappa shape index (κ1) is 16.3. The summed E-state index contributed by atoms with van der Waals surface area (Å²) in [6, 6.07) is 12.4. The molecule has 0 aliphatic rings. The number of rotatable bonds is 5. The highest BCUT2D eigenvalue weighted by molar-refractivity contribution is 6.30. The Labute approximate surface area is 144 Å². The third-order valence-corrected chi connectivity index (χ3v) is 3.92. The van der Waals surface area contributed by atoms with Crippen molar-refractivity contribution < 1.29 is 9.47 Å². The average Bonchev–Trinajstić information content (AvgIpc) is 3.11. The zero-order chi connectivity index (χ0) is 17.1. The van der Waals surface area contributed by atoms with Crippen LogP contribution in [0.2, 0.25) is 5.02 Å². The quantitative estimate of drug-likeness (QED) is 0.742. The average molecular weight is 345 g/mol. The summed E-state index contributed by atoms with van der Waals surface area (Å²) in [5, 5.41) is 7.80. The summed E-state index contributed by atoms with van der Waals surface area (Å²) in [5.74, 6) is 2.37. The number of benzene rings is 2. The predicted octanol–water partition coefficient (Wildman–Crippen LogP) is 3.19. The predicted molar refractivity (Wildman–Crippen MR) is 92.4 cm³/mol. The largest absolute Gasteiger partial charge is 0.493 e. The van der Waals surface area contributed by atoms with Gasteiger partial charge in [-0.15, -0.1) is 0 Å². The van der Waals surface area contributed by atoms with Gasteiger partial charge < -0.3 is 15.2 Å². The number of aromatic nitrogens is 3. The summed E-state index contributed by atoms with van der Waals surface area (Å²) >= 11 is 5.90. The molecule has 6 nitrogen and oxygen atoms in total. The summed E-state index contributed by atoms with van der Waals surface area (Å²) in [7, 11) is 3.18. The van der Waals surface area contributed by atoms with Crippen LogP contribution >= 0.6 is 11.6 Å². The van der Waals surface area contributed by atoms with E-state index in [-0.39, 0.29) is 0 Å². The van der Waals surface area contributed by atoms with Crippen LogP contribution in [0.1, 0.15) is 17.4 Å². The highest BCUT2D eigenvalue weighted by Crippen LogP contribution is 2.31. The Kier molecular flexibility index (Phi) is 4.69. The Bertz CT molecular complexity index is 833. The summed E-state index contributed by atoms with van der Waals surface area (Å²) in [6.45, 7) is 0. The molecule has 3 N–H and O–H groups in total. The normalized spacial score (nSPS) is 12.0. The second kappa shape index (κ2) is 6.90. The van der Waals surface area contributed by atoms with Gasteiger partial charge in [-0.05, 0) is 35.9 Å². The maximum absolute atomic E-state index is 6.24. The Balaban J connectivity index is 1.89. The van der Waals surface area contributed by atoms with Crippen molar-refractivity contribution in [3.05, 3.63) is 58.9 Å². The molecule has 7 heteroatoms. The van der Waals surface area contributed by atoms with Gasteiger partial charge in [0.05, 0.1) is 20.3 Å². The van der Waals surface area contributed by atoms with Crippen LogP contribution in [0.4, 0.5) is 0 Å². The van der Waals surface area contributed by atoms with E-state index in [1.165, 1.54) is 0 Å². The lowest BCUT2D eigenvalue weighted by Gasteiger charge is -2.08. The van der Waals surface area contributed by atoms with Crippen molar-refractivity contribution in [2.45, 2.75) is 6.04 Å². The number of aromatic amines is 1. The van der Waals surface area contributed by atoms with E-state index in [9.17, 15) is 0 Å². The third kappa shape index (κ3) is 3.20. The summed E-state index contributed by atoms with van der Waals surface area (Å²) in [5.41, 5.74) is 7.94. The molecular weight excluding hydrogens is 328 g/mol. The minimum absolute atomic E-state index is 0.413. The fourth-order valence-corrected chi connectivity index (χ4v) is 2.47. The minimum atomic E-state index is -0.413. The van der Waals surface area contributed by atoms with E-state index in [0.29, 0.717) is 28.2 Å². The zero-order valence-electron chi connectivity index (χ0n) is 13.3. The third-order valence-electron chi connectivity index (χ3n) is 3.67. The monoisotopic (exact) mass is 344 g/mol. The molecule has 0 bridgehead atoms. The molecule has 24 heavy (non-hydrogen) atoms. The number of nitrogens with one attached hydrogen (secondary N) is 1. The van der Waals surface area contributed by atoms with Gasteiger partial charge in [-0.2, -0.15) is 5.10 Å². The molecule has 0 fully saturated rings. The molecule has 1 heterocycles. The van der Waals surface area contributed by atoms with Gasteiger partial charge in [0.25, 0.3) is 0 Å². The van der Waals surface area contributed by atoms with Crippen molar-refractivity contribution in [1.29, 1.82) is 0 Å². The van der Waals surface area contributed by atoms with Crippen LogP contribution in [-0.4, -0.2) is 29.4 Å². The van der Waals surface area contributed by atoms with Crippen molar-refractivity contribution in [2.24, 2.45) is 5.73 Å². The van der Waals surface area contributed by atoms with Crippen LogP contribution < -0.4 is 15.2 Å². The van der Waals surface area contributed by atoms with Crippen molar-refractivity contribution in [2.75, 3.05) is 14.2 Å². The smallest absolute Gasteiger partial charge is 0.181 e. The van der Waals surface area contributed by atoms with Gasteiger partial charge in [0.2, 0.25) is 0 Å². The maximum atomic E-state index is 6.24. The van der Waals surface area contributed by atoms with Gasteiger partial charge in [-0.1, -0.05) is 23.7 Å². The number of hydrogen-bond donors (Lipinski definition) is 2. The van der Waals surface area contributed by atoms with E-state index < -0.39 is 6.04 Å². The van der Waals surface area contributed by atoms with Crippen LogP contribution in [0, 0.1) is 0 Å². The number of H-pyrrole nitrogens is 1. The molecule has 0 spiro atoms. The standard InChI is InChI=1S/C17H17ClN4O2/c1-23-13-8-5-11(9-14(13)24-2)16-20-17(22-21-16)15(19)10-3-6-12(18)7-4-10/h3-9,15H,19H2,1-2H3,(H,20,21,22). The van der Waals surface area contributed by atoms with Crippen LogP contribution in [0.15, 0.2) is 42.5 Å². The number of nitrogens with zero attached hydrogens (tertiary/aromatic N) is 2. The molecular formula is C17H17ClN4O2. The number of hydrogen-bond acceptors (Lipinski definition) is 5. The SMILES string of the molecule is COc1ccc(-c2n[nH]c(C(N)c3ccc(Cl)cc3)n2)cc1OC. The van der Waals surface area contributed by atoms with Gasteiger partial charge in [0.15, 0.2) is 17.3 Å². The molecule has 0 saturated carbocycles. The molecule has 3 aromatic rings. The van der Waals surface area contributed by atoms with Gasteiger partial charge in [0.1, 0.15) is 5.82 Å². The number of halogens is 1. The number of ether oxygens (including phenoxy) is 2. The van der Waals surface area contributed by atoms with E-state index in [2.05, 4.69) is 15.2 Å². The minimum Gasteiger partial charge on any atom is -0.493 e. The Morgan fingerprint density at radius 1 is 1.04 bits per heavy atom. The summed E-state index contributed by atoms with van der Waals surface area (Å²) < 4.78 is 10.5. The first-order valence-electron chi connectivity index (χ1n) is 7.28. The maximum Gasteiger partial charge on any atom is 0.181 e. The second-order valence-corrected chi connectivity index (χ2v) is 5.58. The molecule has 1 unspecified atom stereocenters. The van der Waals surface area contributed by atoms with E-state index >= 15 is 0 Å². The molecule has 1 atom stereocenters. The van der Waals surface area contributed by atoms with E-state index in [1.54, 1.807) is 26.4 Å². The van der Waals surface area contributed by atoms with E-state index in [0.717, 1.165) is 11.1 Å². The second-order valence-electron chi connectivity index (χ2n) is 5.14. The Hall–Kier alpha value is -2.57. The van der Waals surface area contributed by atoms with Crippen molar-refractivity contribution in [3.63, 3.8) is 0 Å². The van der Waals surface area contributed by atoms with E-state index in [4.69, 9.17) is 26.8 Å². The molecule has 3 rings (SSSR count). The Morgan fingerprint density at radius 2 is 1.75 bits per heavy atom. The number of nitrogens with two attached hydrogens (primary N) is 1. The van der Waals surface area contributed by atoms with Gasteiger partial charge >= 0.3 is 0 Å². The summed E-state index contributed by atoms with van der Waals surface area (Å²) in [4.78, 5) is 4.49. The van der Waals surface area contributed by atoms with Gasteiger partial charge in [-0.25, -0.2) is 4.98 Å². The van der Waals surface area contributed by atoms with Crippen molar-refractivity contribution >= 4 is 11.6 Å². The fraction of sp³-hybridized carbons (Fsp3) is 0.176. The van der Waals surface area contributed by atoms with Crippen LogP contribution in [0.3, 0.4) is 0 Å². The van der Waals surface area contributed by atoms with E-state index in [1.807, 2.05) is 30.3 Å². The molecule has 124 valence electrons. The lowest BCUT2D eigenvalue weighted by atomic mass is 10.1. The molecule has 0 amide bonds. The Morgan fingerprint density at radius 3 is 2.42 bits per heavy atom. The first-order valence-corrected chi connectivity index (χ1v) is 7.66. The van der Waals surface area contributed by atoms with Gasteiger partial charge in [-0.3, -0.25) is 5.10 Å². The van der Waals surface area contributed by atoms with Crippen molar-refractivity contribution in [3.8, 4) is 22.9 Å². The molecule has 0 saturated heterocycles. The molecule has 0 aliphatic heterocycles. The zero-order valence-corrected chi connectivity index (χ0v) is 14.0. The number of methoxy groups -OCH3 is 2. The topological polar surface area (TPSA) is 86.0 Å². The lowest BCUT2D eigenvalue weighted by molar-refractivity contribution is 0.355. The van der Waals surface area contributed by atoms with Crippen LogP contribution in [0.25, 0.3) is 11.4 Å². The highest BCUT2D eigenvalue weighted by atomic mass is 35.5. The van der Waals surface area contributed by atoms with Gasteiger partial charge in [0, 0.05) is 10.6 Å². The summed E-state index contributed by atoms with van der Waals surface area (Å²) in [6.07, 6.45) is 0. The first-order chi connectivity index (χ1) is 11.6. The molecule has 0 aliphatic carbocycles. The van der Waals surface area contributed by atoms with Crippen LogP contribution in [0.5, 0.6) is 11.5 Å². The van der Waals surface area contributed by atoms with Crippen molar-refractivity contribution in [1.82, 2.24) is 15.2 Å². The molecule has 0 radical (unpaired) electrons. The lowest BCUT2D eigenvalue weighted by Crippen LogP contribution is -2.13. The van der Waals surface area contributed by atoms with Crippen LogP contribution in [-0.2, 0) is 0 Å².